The predicted molar refractivity (Wildman–Crippen MR) is 73.6 cm³/mol. The van der Waals surface area contributed by atoms with E-state index < -0.39 is 12.0 Å². The summed E-state index contributed by atoms with van der Waals surface area (Å²) in [7, 11) is 1.32. The van der Waals surface area contributed by atoms with Crippen molar-refractivity contribution < 1.29 is 13.9 Å². The lowest BCUT2D eigenvalue weighted by Gasteiger charge is -2.13. The van der Waals surface area contributed by atoms with Crippen LogP contribution in [0.4, 0.5) is 4.39 Å². The molecular formula is C15H17FN2O2. The molecule has 0 radical (unpaired) electrons. The van der Waals surface area contributed by atoms with Crippen LogP contribution in [0.3, 0.4) is 0 Å². The molecular weight excluding hydrogens is 259 g/mol. The third-order valence-corrected chi connectivity index (χ3v) is 3.12. The molecule has 0 aliphatic rings. The number of nitrogens with zero attached hydrogens (tertiary/aromatic N) is 1. The summed E-state index contributed by atoms with van der Waals surface area (Å²) in [5.74, 6) is -0.686. The van der Waals surface area contributed by atoms with Gasteiger partial charge in [-0.2, -0.15) is 0 Å². The van der Waals surface area contributed by atoms with E-state index in [-0.39, 0.29) is 5.82 Å². The maximum absolute atomic E-state index is 12.9. The second kappa shape index (κ2) is 6.34. The van der Waals surface area contributed by atoms with Gasteiger partial charge in [-0.15, -0.1) is 0 Å². The van der Waals surface area contributed by atoms with Crippen molar-refractivity contribution in [1.29, 1.82) is 0 Å². The molecule has 5 heteroatoms. The second-order valence-electron chi connectivity index (χ2n) is 4.59. The van der Waals surface area contributed by atoms with Crippen molar-refractivity contribution in [3.05, 3.63) is 59.7 Å². The van der Waals surface area contributed by atoms with Crippen molar-refractivity contribution in [1.82, 2.24) is 4.57 Å². The highest BCUT2D eigenvalue weighted by molar-refractivity contribution is 5.75. The zero-order valence-electron chi connectivity index (χ0n) is 11.3. The summed E-state index contributed by atoms with van der Waals surface area (Å²) in [4.78, 5) is 11.3. The topological polar surface area (TPSA) is 57.2 Å². The average Bonchev–Trinajstić information content (AvgIpc) is 2.87. The predicted octanol–water partition coefficient (Wildman–Crippen LogP) is 1.72. The van der Waals surface area contributed by atoms with Crippen molar-refractivity contribution in [2.75, 3.05) is 7.11 Å². The van der Waals surface area contributed by atoms with Gasteiger partial charge in [0.15, 0.2) is 0 Å². The number of rotatable bonds is 5. The van der Waals surface area contributed by atoms with Crippen LogP contribution in [0.15, 0.2) is 42.6 Å². The standard InChI is InChI=1S/C15H17FN2O2/c1-20-15(19)14(17)9-13-3-2-8-18(13)10-11-4-6-12(16)7-5-11/h2-8,14H,9-10,17H2,1H3. The molecule has 106 valence electrons. The Hall–Kier alpha value is -2.14. The summed E-state index contributed by atoms with van der Waals surface area (Å²) < 4.78 is 19.5. The van der Waals surface area contributed by atoms with Gasteiger partial charge in [-0.25, -0.2) is 4.39 Å². The summed E-state index contributed by atoms with van der Waals surface area (Å²) in [6.45, 7) is 0.608. The van der Waals surface area contributed by atoms with E-state index in [2.05, 4.69) is 4.74 Å². The third-order valence-electron chi connectivity index (χ3n) is 3.12. The first kappa shape index (κ1) is 14.3. The first-order chi connectivity index (χ1) is 9.60. The van der Waals surface area contributed by atoms with Gasteiger partial charge in [-0.1, -0.05) is 12.1 Å². The zero-order valence-corrected chi connectivity index (χ0v) is 11.3. The van der Waals surface area contributed by atoms with Gasteiger partial charge in [0.2, 0.25) is 0 Å². The van der Waals surface area contributed by atoms with Crippen LogP contribution in [0.2, 0.25) is 0 Å². The van der Waals surface area contributed by atoms with Gasteiger partial charge in [-0.3, -0.25) is 4.79 Å². The van der Waals surface area contributed by atoms with Gasteiger partial charge in [-0.05, 0) is 29.8 Å². The Morgan fingerprint density at radius 3 is 2.70 bits per heavy atom. The molecule has 1 aromatic heterocycles. The monoisotopic (exact) mass is 276 g/mol. The summed E-state index contributed by atoms with van der Waals surface area (Å²) in [6, 6.07) is 9.45. The molecule has 1 aromatic carbocycles. The SMILES string of the molecule is COC(=O)C(N)Cc1cccn1Cc1ccc(F)cc1. The first-order valence-electron chi connectivity index (χ1n) is 6.32. The number of carbonyl (C=O) groups is 1. The maximum atomic E-state index is 12.9. The number of carbonyl (C=O) groups excluding carboxylic acids is 1. The van der Waals surface area contributed by atoms with Crippen LogP contribution in [-0.4, -0.2) is 23.7 Å². The van der Waals surface area contributed by atoms with Gasteiger partial charge in [0, 0.05) is 24.9 Å². The number of hydrogen-bond acceptors (Lipinski definition) is 3. The first-order valence-corrected chi connectivity index (χ1v) is 6.32. The van der Waals surface area contributed by atoms with Crippen molar-refractivity contribution in [2.24, 2.45) is 5.73 Å². The smallest absolute Gasteiger partial charge is 0.323 e. The minimum absolute atomic E-state index is 0.255. The summed E-state index contributed by atoms with van der Waals surface area (Å²) in [6.07, 6.45) is 2.31. The van der Waals surface area contributed by atoms with E-state index >= 15 is 0 Å². The van der Waals surface area contributed by atoms with Crippen molar-refractivity contribution in [2.45, 2.75) is 19.0 Å². The van der Waals surface area contributed by atoms with Crippen LogP contribution in [-0.2, 0) is 22.5 Å². The fraction of sp³-hybridized carbons (Fsp3) is 0.267. The molecule has 0 spiro atoms. The molecule has 1 unspecified atom stereocenters. The average molecular weight is 276 g/mol. The van der Waals surface area contributed by atoms with Gasteiger partial charge < -0.3 is 15.0 Å². The molecule has 1 atom stereocenters. The molecule has 0 bridgehead atoms. The molecule has 4 nitrogen and oxygen atoms in total. The van der Waals surface area contributed by atoms with Crippen LogP contribution < -0.4 is 5.73 Å². The number of ether oxygens (including phenoxy) is 1. The Bertz CT molecular complexity index is 578. The molecule has 2 aromatic rings. The molecule has 0 fully saturated rings. The van der Waals surface area contributed by atoms with E-state index in [0.29, 0.717) is 13.0 Å². The van der Waals surface area contributed by atoms with Gasteiger partial charge in [0.1, 0.15) is 11.9 Å². The fourth-order valence-corrected chi connectivity index (χ4v) is 2.04. The largest absolute Gasteiger partial charge is 0.468 e. The summed E-state index contributed by atoms with van der Waals surface area (Å²) >= 11 is 0. The minimum Gasteiger partial charge on any atom is -0.468 e. The number of benzene rings is 1. The minimum atomic E-state index is -0.679. The lowest BCUT2D eigenvalue weighted by molar-refractivity contribution is -0.142. The fourth-order valence-electron chi connectivity index (χ4n) is 2.04. The van der Waals surface area contributed by atoms with Gasteiger partial charge in [0.25, 0.3) is 0 Å². The molecule has 20 heavy (non-hydrogen) atoms. The summed E-state index contributed by atoms with van der Waals surface area (Å²) in [5.41, 5.74) is 7.68. The Balaban J connectivity index is 2.08. The second-order valence-corrected chi connectivity index (χ2v) is 4.59. The van der Waals surface area contributed by atoms with Crippen LogP contribution >= 0.6 is 0 Å². The Labute approximate surface area is 117 Å². The third kappa shape index (κ3) is 3.45. The number of esters is 1. The van der Waals surface area contributed by atoms with Crippen LogP contribution in [0.25, 0.3) is 0 Å². The van der Waals surface area contributed by atoms with E-state index in [1.807, 2.05) is 22.9 Å². The van der Waals surface area contributed by atoms with Crippen molar-refractivity contribution in [3.63, 3.8) is 0 Å². The van der Waals surface area contributed by atoms with Crippen LogP contribution in [0.5, 0.6) is 0 Å². The normalized spacial score (nSPS) is 12.2. The van der Waals surface area contributed by atoms with E-state index in [1.54, 1.807) is 12.1 Å². The van der Waals surface area contributed by atoms with E-state index in [4.69, 9.17) is 5.73 Å². The van der Waals surface area contributed by atoms with Crippen molar-refractivity contribution >= 4 is 5.97 Å². The highest BCUT2D eigenvalue weighted by atomic mass is 19.1. The number of methoxy groups -OCH3 is 1. The molecule has 0 saturated carbocycles. The molecule has 2 rings (SSSR count). The Kier molecular flexibility index (Phi) is 4.53. The molecule has 2 N–H and O–H groups in total. The number of halogens is 1. The Morgan fingerprint density at radius 1 is 1.35 bits per heavy atom. The van der Waals surface area contributed by atoms with Gasteiger partial charge >= 0.3 is 5.97 Å². The molecule has 0 amide bonds. The zero-order chi connectivity index (χ0) is 14.5. The lowest BCUT2D eigenvalue weighted by Crippen LogP contribution is -2.34. The number of hydrogen-bond donors (Lipinski definition) is 1. The highest BCUT2D eigenvalue weighted by Gasteiger charge is 2.16. The van der Waals surface area contributed by atoms with E-state index in [1.165, 1.54) is 19.2 Å². The number of nitrogens with two attached hydrogens (primary N) is 1. The molecule has 0 aliphatic heterocycles. The van der Waals surface area contributed by atoms with E-state index in [0.717, 1.165) is 11.3 Å². The van der Waals surface area contributed by atoms with Gasteiger partial charge in [0.05, 0.1) is 7.11 Å². The maximum Gasteiger partial charge on any atom is 0.323 e. The highest BCUT2D eigenvalue weighted by Crippen LogP contribution is 2.11. The molecule has 1 heterocycles. The summed E-state index contributed by atoms with van der Waals surface area (Å²) in [5, 5.41) is 0. The van der Waals surface area contributed by atoms with Crippen LogP contribution in [0.1, 0.15) is 11.3 Å². The molecule has 0 aliphatic carbocycles. The quantitative estimate of drug-likeness (QED) is 0.846. The van der Waals surface area contributed by atoms with Crippen LogP contribution in [0, 0.1) is 5.82 Å². The molecule has 0 saturated heterocycles. The van der Waals surface area contributed by atoms with Crippen molar-refractivity contribution in [3.8, 4) is 0 Å². The number of aromatic nitrogens is 1. The van der Waals surface area contributed by atoms with E-state index in [9.17, 15) is 9.18 Å². The lowest BCUT2D eigenvalue weighted by atomic mass is 10.1. The Morgan fingerprint density at radius 2 is 2.05 bits per heavy atom.